The Morgan fingerprint density at radius 1 is 1.00 bits per heavy atom. The number of aryl methyl sites for hydroxylation is 1. The maximum Gasteiger partial charge on any atom is 0.255 e. The number of carbonyl (C=O) groups excluding carboxylic acids is 1. The van der Waals surface area contributed by atoms with Crippen molar-refractivity contribution in [3.05, 3.63) is 95.8 Å². The predicted molar refractivity (Wildman–Crippen MR) is 114 cm³/mol. The summed E-state index contributed by atoms with van der Waals surface area (Å²) in [5, 5.41) is 15.0. The maximum atomic E-state index is 12.5. The van der Waals surface area contributed by atoms with E-state index in [1.54, 1.807) is 16.4 Å². The van der Waals surface area contributed by atoms with Crippen molar-refractivity contribution in [3.8, 4) is 5.69 Å². The van der Waals surface area contributed by atoms with Crippen LogP contribution in [0.3, 0.4) is 0 Å². The van der Waals surface area contributed by atoms with Gasteiger partial charge in [-0.2, -0.15) is 4.68 Å². The molecule has 1 aromatic heterocycles. The molecule has 1 heterocycles. The Bertz CT molecular complexity index is 1130. The molecule has 0 atom stereocenters. The van der Waals surface area contributed by atoms with Crippen LogP contribution in [-0.4, -0.2) is 26.1 Å². The first-order chi connectivity index (χ1) is 14.2. The Kier molecular flexibility index (Phi) is 5.67. The van der Waals surface area contributed by atoms with Gasteiger partial charge in [0.05, 0.1) is 11.4 Å². The van der Waals surface area contributed by atoms with Crippen molar-refractivity contribution in [1.82, 2.24) is 20.2 Å². The van der Waals surface area contributed by atoms with E-state index in [1.807, 2.05) is 85.8 Å². The third-order valence-corrected chi connectivity index (χ3v) is 5.37. The molecule has 0 unspecified atom stereocenters. The van der Waals surface area contributed by atoms with Crippen LogP contribution in [0.5, 0.6) is 0 Å². The largest absolute Gasteiger partial charge is 0.322 e. The zero-order valence-corrected chi connectivity index (χ0v) is 16.6. The Labute approximate surface area is 173 Å². The van der Waals surface area contributed by atoms with Crippen molar-refractivity contribution in [3.63, 3.8) is 0 Å². The van der Waals surface area contributed by atoms with Crippen LogP contribution in [0.2, 0.25) is 0 Å². The first-order valence-electron chi connectivity index (χ1n) is 9.13. The second kappa shape index (κ2) is 8.70. The first kappa shape index (κ1) is 18.9. The number of benzene rings is 3. The fourth-order valence-corrected chi connectivity index (χ4v) is 3.76. The summed E-state index contributed by atoms with van der Waals surface area (Å²) >= 11 is 1.61. The number of para-hydroxylation sites is 1. The minimum Gasteiger partial charge on any atom is -0.322 e. The minimum absolute atomic E-state index is 0.113. The van der Waals surface area contributed by atoms with Gasteiger partial charge in [-0.25, -0.2) is 0 Å². The summed E-state index contributed by atoms with van der Waals surface area (Å²) in [6, 6.07) is 25.1. The highest BCUT2D eigenvalue weighted by molar-refractivity contribution is 7.98. The number of rotatable bonds is 6. The molecule has 1 amide bonds. The van der Waals surface area contributed by atoms with Gasteiger partial charge in [-0.3, -0.25) is 4.79 Å². The highest BCUT2D eigenvalue weighted by Gasteiger charge is 2.11. The smallest absolute Gasteiger partial charge is 0.255 e. The average molecular weight is 401 g/mol. The van der Waals surface area contributed by atoms with Gasteiger partial charge < -0.3 is 5.32 Å². The van der Waals surface area contributed by atoms with Gasteiger partial charge in [-0.15, -0.1) is 16.9 Å². The lowest BCUT2D eigenvalue weighted by Gasteiger charge is -2.09. The molecule has 0 spiro atoms. The molecule has 0 aliphatic carbocycles. The molecule has 0 radical (unpaired) electrons. The van der Waals surface area contributed by atoms with Gasteiger partial charge >= 0.3 is 0 Å². The summed E-state index contributed by atoms with van der Waals surface area (Å²) < 4.78 is 1.73. The van der Waals surface area contributed by atoms with Gasteiger partial charge in [-0.1, -0.05) is 42.5 Å². The van der Waals surface area contributed by atoms with Crippen LogP contribution < -0.4 is 5.32 Å². The molecule has 3 aromatic carbocycles. The second-order valence-corrected chi connectivity index (χ2v) is 7.48. The van der Waals surface area contributed by atoms with Crippen molar-refractivity contribution < 1.29 is 4.79 Å². The van der Waals surface area contributed by atoms with Crippen molar-refractivity contribution >= 4 is 23.4 Å². The monoisotopic (exact) mass is 401 g/mol. The fourth-order valence-electron chi connectivity index (χ4n) is 2.90. The van der Waals surface area contributed by atoms with E-state index in [9.17, 15) is 4.79 Å². The molecule has 0 saturated carbocycles. The van der Waals surface area contributed by atoms with Crippen LogP contribution in [0.4, 0.5) is 5.69 Å². The van der Waals surface area contributed by atoms with Crippen molar-refractivity contribution in [2.45, 2.75) is 17.6 Å². The number of hydrogen-bond donors (Lipinski definition) is 1. The SMILES string of the molecule is Cc1ccccc1C(=O)Nc1cccc(SCc2nnnn2-c2ccccc2)c1. The maximum absolute atomic E-state index is 12.5. The number of aromatic nitrogens is 4. The number of nitrogens with zero attached hydrogens (tertiary/aromatic N) is 4. The molecule has 0 saturated heterocycles. The third kappa shape index (κ3) is 4.52. The highest BCUT2D eigenvalue weighted by Crippen LogP contribution is 2.25. The zero-order chi connectivity index (χ0) is 20.1. The van der Waals surface area contributed by atoms with Gasteiger partial charge in [0.1, 0.15) is 0 Å². The molecule has 144 valence electrons. The molecule has 0 fully saturated rings. The Hall–Kier alpha value is -3.45. The summed E-state index contributed by atoms with van der Waals surface area (Å²) in [4.78, 5) is 13.6. The van der Waals surface area contributed by atoms with Crippen LogP contribution in [0, 0.1) is 6.92 Å². The first-order valence-corrected chi connectivity index (χ1v) is 10.1. The number of tetrazole rings is 1. The van der Waals surface area contributed by atoms with Gasteiger partial charge in [0.25, 0.3) is 5.91 Å². The van der Waals surface area contributed by atoms with E-state index in [2.05, 4.69) is 20.8 Å². The molecule has 1 N–H and O–H groups in total. The highest BCUT2D eigenvalue weighted by atomic mass is 32.2. The Morgan fingerprint density at radius 3 is 2.62 bits per heavy atom. The predicted octanol–water partition coefficient (Wildman–Crippen LogP) is 4.52. The molecule has 7 heteroatoms. The van der Waals surface area contributed by atoms with Gasteiger partial charge in [0.2, 0.25) is 0 Å². The average Bonchev–Trinajstić information content (AvgIpc) is 3.22. The minimum atomic E-state index is -0.113. The van der Waals surface area contributed by atoms with Crippen molar-refractivity contribution in [1.29, 1.82) is 0 Å². The second-order valence-electron chi connectivity index (χ2n) is 6.43. The summed E-state index contributed by atoms with van der Waals surface area (Å²) in [5.74, 6) is 1.26. The van der Waals surface area contributed by atoms with E-state index in [0.717, 1.165) is 27.7 Å². The molecule has 0 aliphatic heterocycles. The lowest BCUT2D eigenvalue weighted by Crippen LogP contribution is -2.13. The van der Waals surface area contributed by atoms with Crippen LogP contribution in [0.1, 0.15) is 21.7 Å². The van der Waals surface area contributed by atoms with E-state index < -0.39 is 0 Å². The topological polar surface area (TPSA) is 72.7 Å². The van der Waals surface area contributed by atoms with Gasteiger partial charge in [0.15, 0.2) is 5.82 Å². The molecule has 4 aromatic rings. The standard InChI is InChI=1S/C22H19N5OS/c1-16-8-5-6-13-20(16)22(28)23-17-9-7-12-19(14-17)29-15-21-24-25-26-27(21)18-10-3-2-4-11-18/h2-14H,15H2,1H3,(H,23,28). The number of amides is 1. The quantitative estimate of drug-likeness (QED) is 0.481. The van der Waals surface area contributed by atoms with Crippen molar-refractivity contribution in [2.75, 3.05) is 5.32 Å². The van der Waals surface area contributed by atoms with E-state index in [1.165, 1.54) is 0 Å². The summed E-state index contributed by atoms with van der Waals surface area (Å²) in [6.45, 7) is 1.93. The van der Waals surface area contributed by atoms with E-state index in [4.69, 9.17) is 0 Å². The summed E-state index contributed by atoms with van der Waals surface area (Å²) in [7, 11) is 0. The normalized spacial score (nSPS) is 10.7. The van der Waals surface area contributed by atoms with Crippen LogP contribution >= 0.6 is 11.8 Å². The van der Waals surface area contributed by atoms with E-state index in [0.29, 0.717) is 11.3 Å². The molecular formula is C22H19N5OS. The number of carbonyl (C=O) groups is 1. The number of anilines is 1. The Morgan fingerprint density at radius 2 is 1.79 bits per heavy atom. The summed E-state index contributed by atoms with van der Waals surface area (Å²) in [6.07, 6.45) is 0. The summed E-state index contributed by atoms with van der Waals surface area (Å²) in [5.41, 5.74) is 3.30. The zero-order valence-electron chi connectivity index (χ0n) is 15.8. The molecule has 29 heavy (non-hydrogen) atoms. The third-order valence-electron chi connectivity index (χ3n) is 4.38. The van der Waals surface area contributed by atoms with E-state index in [-0.39, 0.29) is 5.91 Å². The molecule has 6 nitrogen and oxygen atoms in total. The lowest BCUT2D eigenvalue weighted by atomic mass is 10.1. The van der Waals surface area contributed by atoms with Crippen LogP contribution in [-0.2, 0) is 5.75 Å². The van der Waals surface area contributed by atoms with Crippen LogP contribution in [0.15, 0.2) is 83.8 Å². The van der Waals surface area contributed by atoms with Crippen LogP contribution in [0.25, 0.3) is 5.69 Å². The number of hydrogen-bond acceptors (Lipinski definition) is 5. The van der Waals surface area contributed by atoms with Crippen molar-refractivity contribution in [2.24, 2.45) is 0 Å². The Balaban J connectivity index is 1.45. The molecule has 0 bridgehead atoms. The molecule has 0 aliphatic rings. The lowest BCUT2D eigenvalue weighted by molar-refractivity contribution is 0.102. The number of nitrogens with one attached hydrogen (secondary N) is 1. The molecule has 4 rings (SSSR count). The fraction of sp³-hybridized carbons (Fsp3) is 0.0909. The number of thioether (sulfide) groups is 1. The van der Waals surface area contributed by atoms with E-state index >= 15 is 0 Å². The van der Waals surface area contributed by atoms with Gasteiger partial charge in [0, 0.05) is 16.1 Å². The van der Waals surface area contributed by atoms with Gasteiger partial charge in [-0.05, 0) is 59.3 Å². The molecular weight excluding hydrogens is 382 g/mol.